The average molecular weight is 304 g/mol. The molecule has 0 unspecified atom stereocenters. The predicted molar refractivity (Wildman–Crippen MR) is 67.7 cm³/mol. The Morgan fingerprint density at radius 1 is 1.47 bits per heavy atom. The van der Waals surface area contributed by atoms with Gasteiger partial charge in [0.05, 0.1) is 12.1 Å². The van der Waals surface area contributed by atoms with Gasteiger partial charge in [0.2, 0.25) is 5.91 Å². The molecule has 9 heteroatoms. The van der Waals surface area contributed by atoms with Gasteiger partial charge in [0.15, 0.2) is 0 Å². The van der Waals surface area contributed by atoms with Crippen LogP contribution in [0.1, 0.15) is 16.8 Å². The number of rotatable bonds is 3. The van der Waals surface area contributed by atoms with Crippen LogP contribution in [0.3, 0.4) is 0 Å². The number of hydrogen-bond donors (Lipinski definition) is 2. The van der Waals surface area contributed by atoms with Gasteiger partial charge in [-0.15, -0.1) is 11.3 Å². The average Bonchev–Trinajstić information content (AvgIpc) is 2.74. The molecule has 0 spiro atoms. The molecule has 1 amide bonds. The fourth-order valence-corrected chi connectivity index (χ4v) is 4.42. The molecule has 104 valence electrons. The smallest absolute Gasteiger partial charge is 0.336 e. The first kappa shape index (κ1) is 14.0. The van der Waals surface area contributed by atoms with Gasteiger partial charge in [0.1, 0.15) is 4.21 Å². The van der Waals surface area contributed by atoms with Crippen molar-refractivity contribution in [2.75, 3.05) is 19.6 Å². The van der Waals surface area contributed by atoms with Crippen molar-refractivity contribution in [1.29, 1.82) is 0 Å². The Labute approximate surface area is 113 Å². The lowest BCUT2D eigenvalue weighted by Gasteiger charge is -2.17. The number of aromatic carboxylic acids is 1. The lowest BCUT2D eigenvalue weighted by atomic mass is 10.4. The monoisotopic (exact) mass is 304 g/mol. The van der Waals surface area contributed by atoms with Crippen LogP contribution in [0.15, 0.2) is 15.7 Å². The number of thiophene rings is 1. The molecule has 2 N–H and O–H groups in total. The van der Waals surface area contributed by atoms with E-state index in [2.05, 4.69) is 5.32 Å². The second kappa shape index (κ2) is 5.27. The van der Waals surface area contributed by atoms with Crippen LogP contribution in [0.5, 0.6) is 0 Å². The highest BCUT2D eigenvalue weighted by Crippen LogP contribution is 2.24. The van der Waals surface area contributed by atoms with E-state index in [0.717, 1.165) is 21.7 Å². The molecule has 2 heterocycles. The molecule has 0 aliphatic carbocycles. The van der Waals surface area contributed by atoms with Crippen molar-refractivity contribution >= 4 is 33.2 Å². The molecule has 1 fully saturated rings. The van der Waals surface area contributed by atoms with Crippen LogP contribution in [-0.2, 0) is 14.8 Å². The van der Waals surface area contributed by atoms with Gasteiger partial charge in [-0.05, 0) is 12.5 Å². The van der Waals surface area contributed by atoms with E-state index in [1.165, 1.54) is 5.38 Å². The molecule has 0 radical (unpaired) electrons. The molecular weight excluding hydrogens is 292 g/mol. The summed E-state index contributed by atoms with van der Waals surface area (Å²) in [6.07, 6.45) is 0.530. The summed E-state index contributed by atoms with van der Waals surface area (Å²) in [5.41, 5.74) is -0.0668. The van der Waals surface area contributed by atoms with E-state index in [0.29, 0.717) is 13.0 Å². The number of amides is 1. The number of sulfonamides is 1. The van der Waals surface area contributed by atoms with Gasteiger partial charge in [-0.1, -0.05) is 0 Å². The quantitative estimate of drug-likeness (QED) is 0.815. The summed E-state index contributed by atoms with van der Waals surface area (Å²) >= 11 is 0.844. The van der Waals surface area contributed by atoms with E-state index >= 15 is 0 Å². The summed E-state index contributed by atoms with van der Waals surface area (Å²) in [5, 5.41) is 12.7. The summed E-state index contributed by atoms with van der Waals surface area (Å²) in [4.78, 5) is 22.1. The first-order valence-corrected chi connectivity index (χ1v) is 7.82. The summed E-state index contributed by atoms with van der Waals surface area (Å²) in [7, 11) is -3.80. The molecule has 0 aromatic carbocycles. The fourth-order valence-electron chi connectivity index (χ4n) is 1.67. The van der Waals surface area contributed by atoms with E-state index in [1.54, 1.807) is 0 Å². The lowest BCUT2D eigenvalue weighted by molar-refractivity contribution is -0.120. The minimum atomic E-state index is -3.80. The number of carbonyl (C=O) groups excluding carboxylic acids is 1. The number of nitrogens with zero attached hydrogens (tertiary/aromatic N) is 1. The molecule has 1 aromatic heterocycles. The zero-order chi connectivity index (χ0) is 14.0. The number of carboxylic acid groups (broad SMARTS) is 1. The highest BCUT2D eigenvalue weighted by atomic mass is 32.2. The van der Waals surface area contributed by atoms with E-state index in [-0.39, 0.29) is 28.8 Å². The molecule has 2 rings (SSSR count). The Hall–Kier alpha value is -1.45. The normalized spacial score (nSPS) is 17.8. The molecule has 7 nitrogen and oxygen atoms in total. The van der Waals surface area contributed by atoms with Crippen LogP contribution in [0.25, 0.3) is 0 Å². The predicted octanol–water partition coefficient (Wildman–Crippen LogP) is -0.0431. The second-order valence-electron chi connectivity index (χ2n) is 4.00. The highest BCUT2D eigenvalue weighted by Gasteiger charge is 2.29. The van der Waals surface area contributed by atoms with Gasteiger partial charge < -0.3 is 10.4 Å². The third-order valence-corrected chi connectivity index (χ3v) is 5.90. The van der Waals surface area contributed by atoms with Gasteiger partial charge in [-0.3, -0.25) is 4.79 Å². The van der Waals surface area contributed by atoms with Gasteiger partial charge in [-0.2, -0.15) is 4.31 Å². The molecule has 1 aromatic rings. The summed E-state index contributed by atoms with van der Waals surface area (Å²) in [6, 6.07) is 1.12. The second-order valence-corrected chi connectivity index (χ2v) is 7.08. The van der Waals surface area contributed by atoms with Crippen LogP contribution in [0.4, 0.5) is 0 Å². The highest BCUT2D eigenvalue weighted by molar-refractivity contribution is 7.91. The third-order valence-electron chi connectivity index (χ3n) is 2.64. The minimum absolute atomic E-state index is 0.0559. The Morgan fingerprint density at radius 3 is 2.84 bits per heavy atom. The largest absolute Gasteiger partial charge is 0.478 e. The minimum Gasteiger partial charge on any atom is -0.478 e. The zero-order valence-electron chi connectivity index (χ0n) is 9.83. The van der Waals surface area contributed by atoms with Crippen molar-refractivity contribution < 1.29 is 23.1 Å². The van der Waals surface area contributed by atoms with E-state index < -0.39 is 16.0 Å². The summed E-state index contributed by atoms with van der Waals surface area (Å²) in [6.45, 7) is 0.444. The molecule has 1 aliphatic rings. The number of carbonyl (C=O) groups is 2. The molecular formula is C10H12N2O5S2. The van der Waals surface area contributed by atoms with Gasteiger partial charge in [0.25, 0.3) is 10.0 Å². The Balaban J connectivity index is 2.29. The standard InChI is InChI=1S/C10H12N2O5S2/c13-8-5-12(3-1-2-11-8)19(16,17)9-4-7(6-18-9)10(14)15/h4,6H,1-3,5H2,(H,11,13)(H,14,15). The van der Waals surface area contributed by atoms with E-state index in [1.807, 2.05) is 0 Å². The topological polar surface area (TPSA) is 104 Å². The van der Waals surface area contributed by atoms with Gasteiger partial charge in [0, 0.05) is 18.5 Å². The van der Waals surface area contributed by atoms with Crippen molar-refractivity contribution in [2.24, 2.45) is 0 Å². The van der Waals surface area contributed by atoms with Gasteiger partial charge >= 0.3 is 5.97 Å². The zero-order valence-corrected chi connectivity index (χ0v) is 11.5. The number of nitrogens with one attached hydrogen (secondary N) is 1. The molecule has 1 saturated heterocycles. The van der Waals surface area contributed by atoms with E-state index in [9.17, 15) is 18.0 Å². The summed E-state index contributed by atoms with van der Waals surface area (Å²) < 4.78 is 25.6. The van der Waals surface area contributed by atoms with Crippen LogP contribution in [0.2, 0.25) is 0 Å². The van der Waals surface area contributed by atoms with E-state index in [4.69, 9.17) is 5.11 Å². The molecule has 0 bridgehead atoms. The molecule has 0 saturated carbocycles. The molecule has 19 heavy (non-hydrogen) atoms. The SMILES string of the molecule is O=C1CN(S(=O)(=O)c2cc(C(=O)O)cs2)CCCN1. The number of hydrogen-bond acceptors (Lipinski definition) is 5. The molecule has 0 atom stereocenters. The van der Waals surface area contributed by atoms with Crippen molar-refractivity contribution in [2.45, 2.75) is 10.6 Å². The first-order valence-electron chi connectivity index (χ1n) is 5.50. The van der Waals surface area contributed by atoms with Crippen molar-refractivity contribution in [1.82, 2.24) is 9.62 Å². The Kier molecular flexibility index (Phi) is 3.88. The first-order chi connectivity index (χ1) is 8.91. The van der Waals surface area contributed by atoms with Crippen LogP contribution < -0.4 is 5.32 Å². The van der Waals surface area contributed by atoms with Crippen LogP contribution in [0, 0.1) is 0 Å². The third kappa shape index (κ3) is 2.94. The van der Waals surface area contributed by atoms with Crippen molar-refractivity contribution in [3.8, 4) is 0 Å². The molecule has 1 aliphatic heterocycles. The maximum atomic E-state index is 12.3. The van der Waals surface area contributed by atoms with Crippen LogP contribution in [-0.4, -0.2) is 49.3 Å². The maximum absolute atomic E-state index is 12.3. The summed E-state index contributed by atoms with van der Waals surface area (Å²) in [5.74, 6) is -1.53. The Bertz CT molecular complexity index is 607. The maximum Gasteiger partial charge on any atom is 0.336 e. The Morgan fingerprint density at radius 2 is 2.21 bits per heavy atom. The van der Waals surface area contributed by atoms with Crippen molar-refractivity contribution in [3.05, 3.63) is 17.0 Å². The van der Waals surface area contributed by atoms with Crippen LogP contribution >= 0.6 is 11.3 Å². The van der Waals surface area contributed by atoms with Gasteiger partial charge in [-0.25, -0.2) is 13.2 Å². The number of carboxylic acids is 1. The van der Waals surface area contributed by atoms with Crippen molar-refractivity contribution in [3.63, 3.8) is 0 Å². The fraction of sp³-hybridized carbons (Fsp3) is 0.400. The lowest BCUT2D eigenvalue weighted by Crippen LogP contribution is -2.37.